The Bertz CT molecular complexity index is 624. The van der Waals surface area contributed by atoms with Crippen LogP contribution in [0.25, 0.3) is 10.9 Å². The van der Waals surface area contributed by atoms with E-state index in [0.717, 1.165) is 11.6 Å². The summed E-state index contributed by atoms with van der Waals surface area (Å²) in [5, 5.41) is 1.24. The van der Waals surface area contributed by atoms with Gasteiger partial charge >= 0.3 is 0 Å². The molecule has 2 saturated heterocycles. The number of pyridine rings is 1. The number of piperazine rings is 1. The molecule has 2 unspecified atom stereocenters. The fraction of sp³-hybridized carbons (Fsp3) is 0.471. The Kier molecular flexibility index (Phi) is 2.88. The van der Waals surface area contributed by atoms with Crippen LogP contribution < -0.4 is 4.90 Å². The van der Waals surface area contributed by atoms with Crippen LogP contribution in [0.5, 0.6) is 0 Å². The van der Waals surface area contributed by atoms with Crippen LogP contribution in [0.4, 0.5) is 5.69 Å². The molecule has 0 radical (unpaired) electrons. The minimum atomic E-state index is 0.596. The molecule has 1 aromatic carbocycles. The van der Waals surface area contributed by atoms with Gasteiger partial charge in [-0.1, -0.05) is 6.07 Å². The summed E-state index contributed by atoms with van der Waals surface area (Å²) >= 11 is 0. The summed E-state index contributed by atoms with van der Waals surface area (Å²) in [7, 11) is 0. The van der Waals surface area contributed by atoms with Crippen molar-refractivity contribution >= 4 is 16.6 Å². The molecule has 0 spiro atoms. The number of anilines is 1. The SMILES string of the molecule is CC1CN2CCCC2CN1c1ccc2ncccc2c1. The molecular formula is C17H21N3. The minimum absolute atomic E-state index is 0.596. The highest BCUT2D eigenvalue weighted by atomic mass is 15.3. The number of hydrogen-bond acceptors (Lipinski definition) is 3. The third-order valence-corrected chi connectivity index (χ3v) is 4.86. The quantitative estimate of drug-likeness (QED) is 0.792. The van der Waals surface area contributed by atoms with Gasteiger partial charge in [0, 0.05) is 42.4 Å². The number of benzene rings is 1. The third kappa shape index (κ3) is 1.97. The van der Waals surface area contributed by atoms with E-state index in [2.05, 4.69) is 46.0 Å². The second kappa shape index (κ2) is 4.74. The first-order chi connectivity index (χ1) is 9.81. The minimum Gasteiger partial charge on any atom is -0.366 e. The molecule has 2 aliphatic heterocycles. The largest absolute Gasteiger partial charge is 0.366 e. The average Bonchev–Trinajstić information content (AvgIpc) is 2.93. The number of hydrogen-bond donors (Lipinski definition) is 0. The molecule has 3 heterocycles. The molecule has 0 amide bonds. The van der Waals surface area contributed by atoms with E-state index >= 15 is 0 Å². The first kappa shape index (κ1) is 12.2. The van der Waals surface area contributed by atoms with Crippen molar-refractivity contribution in [1.29, 1.82) is 0 Å². The fourth-order valence-electron chi connectivity index (χ4n) is 3.79. The molecule has 3 nitrogen and oxygen atoms in total. The van der Waals surface area contributed by atoms with Crippen LogP contribution in [-0.4, -0.2) is 41.6 Å². The molecule has 20 heavy (non-hydrogen) atoms. The normalized spacial score (nSPS) is 26.9. The van der Waals surface area contributed by atoms with Crippen molar-refractivity contribution < 1.29 is 0 Å². The van der Waals surface area contributed by atoms with Gasteiger partial charge in [-0.3, -0.25) is 9.88 Å². The lowest BCUT2D eigenvalue weighted by molar-refractivity contribution is 0.203. The molecule has 4 rings (SSSR count). The van der Waals surface area contributed by atoms with Crippen LogP contribution in [0, 0.1) is 0 Å². The first-order valence-electron chi connectivity index (χ1n) is 7.67. The van der Waals surface area contributed by atoms with Gasteiger partial charge in [-0.25, -0.2) is 0 Å². The smallest absolute Gasteiger partial charge is 0.0703 e. The lowest BCUT2D eigenvalue weighted by Gasteiger charge is -2.43. The Morgan fingerprint density at radius 3 is 3.10 bits per heavy atom. The van der Waals surface area contributed by atoms with Crippen molar-refractivity contribution in [2.75, 3.05) is 24.5 Å². The third-order valence-electron chi connectivity index (χ3n) is 4.86. The number of nitrogens with zero attached hydrogens (tertiary/aromatic N) is 3. The predicted molar refractivity (Wildman–Crippen MR) is 83.1 cm³/mol. The van der Waals surface area contributed by atoms with Crippen LogP contribution in [0.15, 0.2) is 36.5 Å². The van der Waals surface area contributed by atoms with Crippen molar-refractivity contribution in [3.05, 3.63) is 36.5 Å². The van der Waals surface area contributed by atoms with E-state index in [1.165, 1.54) is 43.5 Å². The van der Waals surface area contributed by atoms with E-state index in [1.807, 2.05) is 12.3 Å². The van der Waals surface area contributed by atoms with Crippen LogP contribution >= 0.6 is 0 Å². The maximum Gasteiger partial charge on any atom is 0.0703 e. The Hall–Kier alpha value is -1.61. The zero-order valence-electron chi connectivity index (χ0n) is 12.0. The van der Waals surface area contributed by atoms with Gasteiger partial charge < -0.3 is 4.90 Å². The van der Waals surface area contributed by atoms with E-state index in [4.69, 9.17) is 0 Å². The summed E-state index contributed by atoms with van der Waals surface area (Å²) < 4.78 is 0. The molecule has 0 N–H and O–H groups in total. The van der Waals surface area contributed by atoms with Crippen molar-refractivity contribution in [3.63, 3.8) is 0 Å². The van der Waals surface area contributed by atoms with Gasteiger partial charge in [0.05, 0.1) is 5.52 Å². The molecule has 0 saturated carbocycles. The van der Waals surface area contributed by atoms with Crippen LogP contribution in [0.2, 0.25) is 0 Å². The van der Waals surface area contributed by atoms with E-state index in [0.29, 0.717) is 6.04 Å². The molecule has 2 aromatic rings. The van der Waals surface area contributed by atoms with Crippen LogP contribution in [0.1, 0.15) is 19.8 Å². The lowest BCUT2D eigenvalue weighted by Crippen LogP contribution is -2.55. The van der Waals surface area contributed by atoms with E-state index in [9.17, 15) is 0 Å². The van der Waals surface area contributed by atoms with E-state index in [-0.39, 0.29) is 0 Å². The standard InChI is InChI=1S/C17H21N3/c1-13-11-19-9-3-5-16(19)12-20(13)15-6-7-17-14(10-15)4-2-8-18-17/h2,4,6-8,10,13,16H,3,5,9,11-12H2,1H3. The molecule has 0 bridgehead atoms. The highest BCUT2D eigenvalue weighted by molar-refractivity contribution is 5.82. The highest BCUT2D eigenvalue weighted by Gasteiger charge is 2.34. The molecule has 3 heteroatoms. The van der Waals surface area contributed by atoms with Crippen molar-refractivity contribution in [2.24, 2.45) is 0 Å². The fourth-order valence-corrected chi connectivity index (χ4v) is 3.79. The second-order valence-electron chi connectivity index (χ2n) is 6.17. The lowest BCUT2D eigenvalue weighted by atomic mass is 10.1. The molecule has 2 aliphatic rings. The summed E-state index contributed by atoms with van der Waals surface area (Å²) in [6.07, 6.45) is 4.59. The zero-order valence-corrected chi connectivity index (χ0v) is 12.0. The maximum atomic E-state index is 4.41. The second-order valence-corrected chi connectivity index (χ2v) is 6.17. The number of rotatable bonds is 1. The van der Waals surface area contributed by atoms with Crippen LogP contribution in [-0.2, 0) is 0 Å². The van der Waals surface area contributed by atoms with Gasteiger partial charge in [0.1, 0.15) is 0 Å². The molecule has 0 aliphatic carbocycles. The summed E-state index contributed by atoms with van der Waals surface area (Å²) in [5.74, 6) is 0. The van der Waals surface area contributed by atoms with Gasteiger partial charge in [-0.2, -0.15) is 0 Å². The Labute approximate surface area is 120 Å². The molecule has 2 fully saturated rings. The first-order valence-corrected chi connectivity index (χ1v) is 7.67. The summed E-state index contributed by atoms with van der Waals surface area (Å²) in [5.41, 5.74) is 2.44. The Morgan fingerprint density at radius 1 is 1.20 bits per heavy atom. The average molecular weight is 267 g/mol. The van der Waals surface area contributed by atoms with Gasteiger partial charge in [-0.15, -0.1) is 0 Å². The van der Waals surface area contributed by atoms with Crippen molar-refractivity contribution in [1.82, 2.24) is 9.88 Å². The van der Waals surface area contributed by atoms with E-state index in [1.54, 1.807) is 0 Å². The Morgan fingerprint density at radius 2 is 2.15 bits per heavy atom. The highest BCUT2D eigenvalue weighted by Crippen LogP contribution is 2.30. The molecule has 104 valence electrons. The zero-order chi connectivity index (χ0) is 13.5. The van der Waals surface area contributed by atoms with Crippen molar-refractivity contribution in [2.45, 2.75) is 31.8 Å². The van der Waals surface area contributed by atoms with Crippen LogP contribution in [0.3, 0.4) is 0 Å². The van der Waals surface area contributed by atoms with Gasteiger partial charge in [0.2, 0.25) is 0 Å². The molecule has 2 atom stereocenters. The number of fused-ring (bicyclic) bond motifs is 2. The van der Waals surface area contributed by atoms with Gasteiger partial charge in [0.15, 0.2) is 0 Å². The summed E-state index contributed by atoms with van der Waals surface area (Å²) in [6.45, 7) is 6.02. The van der Waals surface area contributed by atoms with E-state index < -0.39 is 0 Å². The Balaban J connectivity index is 1.67. The number of aromatic nitrogens is 1. The molecule has 1 aromatic heterocycles. The summed E-state index contributed by atoms with van der Waals surface area (Å²) in [6, 6.07) is 12.2. The topological polar surface area (TPSA) is 19.4 Å². The monoisotopic (exact) mass is 267 g/mol. The molecular weight excluding hydrogens is 246 g/mol. The van der Waals surface area contributed by atoms with Crippen molar-refractivity contribution in [3.8, 4) is 0 Å². The maximum absolute atomic E-state index is 4.41. The summed E-state index contributed by atoms with van der Waals surface area (Å²) in [4.78, 5) is 9.67. The van der Waals surface area contributed by atoms with Gasteiger partial charge in [-0.05, 0) is 50.6 Å². The van der Waals surface area contributed by atoms with Gasteiger partial charge in [0.25, 0.3) is 0 Å². The predicted octanol–water partition coefficient (Wildman–Crippen LogP) is 2.91.